The van der Waals surface area contributed by atoms with Gasteiger partial charge < -0.3 is 0 Å². The summed E-state index contributed by atoms with van der Waals surface area (Å²) in [6, 6.07) is 9.67. The second-order valence-electron chi connectivity index (χ2n) is 5.69. The van der Waals surface area contributed by atoms with Crippen LogP contribution in [-0.4, -0.2) is 4.98 Å². The van der Waals surface area contributed by atoms with Gasteiger partial charge in [0.05, 0.1) is 0 Å². The second-order valence-corrected chi connectivity index (χ2v) is 7.26. The van der Waals surface area contributed by atoms with E-state index in [1.165, 1.54) is 10.5 Å². The lowest BCUT2D eigenvalue weighted by Gasteiger charge is -2.11. The fourth-order valence-electron chi connectivity index (χ4n) is 2.58. The smallest absolute Gasteiger partial charge is 0.196 e. The van der Waals surface area contributed by atoms with Gasteiger partial charge in [0.1, 0.15) is 0 Å². The average molecular weight is 357 g/mol. The van der Waals surface area contributed by atoms with Crippen LogP contribution in [0, 0.1) is 11.8 Å². The number of pyridine rings is 1. The van der Waals surface area contributed by atoms with E-state index in [1.54, 1.807) is 24.0 Å². The van der Waals surface area contributed by atoms with Crippen LogP contribution in [0.25, 0.3) is 4.91 Å². The number of halogens is 1. The molecule has 2 heterocycles. The first-order chi connectivity index (χ1) is 11.7. The average Bonchev–Trinajstić information content (AvgIpc) is 2.84. The molecule has 0 aliphatic carbocycles. The number of nitroso groups, excluding NO2 is 1. The molecule has 3 rings (SSSR count). The summed E-state index contributed by atoms with van der Waals surface area (Å²) in [4.78, 5) is 17.0. The molecule has 0 saturated carbocycles. The van der Waals surface area contributed by atoms with Crippen molar-refractivity contribution >= 4 is 34.1 Å². The number of benzene rings is 1. The van der Waals surface area contributed by atoms with Gasteiger partial charge in [-0.3, -0.25) is 0 Å². The first-order valence-electron chi connectivity index (χ1n) is 7.77. The van der Waals surface area contributed by atoms with Gasteiger partial charge in [-0.15, -0.1) is 4.91 Å². The van der Waals surface area contributed by atoms with Crippen molar-refractivity contribution in [3.8, 4) is 0 Å². The summed E-state index contributed by atoms with van der Waals surface area (Å²) >= 11 is 8.09. The van der Waals surface area contributed by atoms with Gasteiger partial charge in [-0.25, -0.2) is 4.98 Å². The second kappa shape index (κ2) is 7.77. The molecule has 0 N–H and O–H groups in total. The number of allylic oxidation sites excluding steroid dienone is 3. The molecule has 1 aliphatic rings. The minimum absolute atomic E-state index is 0.209. The monoisotopic (exact) mass is 356 g/mol. The van der Waals surface area contributed by atoms with Crippen molar-refractivity contribution in [3.63, 3.8) is 0 Å². The molecule has 1 aromatic heterocycles. The van der Waals surface area contributed by atoms with Crippen LogP contribution in [0.4, 0.5) is 5.82 Å². The SMILES string of the molecule is Cc1ccc(Cl)c(CC2=CCCC=C(c3ccc(N=O)nc3)S2)c1. The fraction of sp³-hybridized carbons (Fsp3) is 0.211. The Kier molecular flexibility index (Phi) is 5.48. The Hall–Kier alpha value is -1.91. The van der Waals surface area contributed by atoms with Crippen LogP contribution in [0.5, 0.6) is 0 Å². The predicted molar refractivity (Wildman–Crippen MR) is 102 cm³/mol. The Labute approximate surface area is 150 Å². The van der Waals surface area contributed by atoms with Crippen molar-refractivity contribution in [1.82, 2.24) is 4.98 Å². The Morgan fingerprint density at radius 2 is 2.04 bits per heavy atom. The molecule has 1 aliphatic heterocycles. The highest BCUT2D eigenvalue weighted by molar-refractivity contribution is 8.11. The van der Waals surface area contributed by atoms with E-state index in [0.29, 0.717) is 0 Å². The van der Waals surface area contributed by atoms with E-state index in [0.717, 1.165) is 40.3 Å². The highest BCUT2D eigenvalue weighted by Gasteiger charge is 2.12. The molecule has 122 valence electrons. The number of rotatable bonds is 4. The van der Waals surface area contributed by atoms with Crippen molar-refractivity contribution in [2.45, 2.75) is 26.2 Å². The zero-order valence-electron chi connectivity index (χ0n) is 13.3. The van der Waals surface area contributed by atoms with E-state index < -0.39 is 0 Å². The number of hydrogen-bond donors (Lipinski definition) is 0. The maximum Gasteiger partial charge on any atom is 0.196 e. The van der Waals surface area contributed by atoms with Crippen LogP contribution in [-0.2, 0) is 6.42 Å². The molecule has 0 bridgehead atoms. The first kappa shape index (κ1) is 16.9. The van der Waals surface area contributed by atoms with Crippen LogP contribution < -0.4 is 0 Å². The lowest BCUT2D eigenvalue weighted by atomic mass is 10.1. The van der Waals surface area contributed by atoms with E-state index in [1.807, 2.05) is 18.2 Å². The first-order valence-corrected chi connectivity index (χ1v) is 8.97. The standard InChI is InChI=1S/C19H17ClN2OS/c1-13-6-8-17(20)15(10-13)11-16-4-2-3-5-18(24-16)14-7-9-19(22-23)21-12-14/h4-10,12H,2-3,11H2,1H3. The lowest BCUT2D eigenvalue weighted by Crippen LogP contribution is -1.91. The zero-order valence-corrected chi connectivity index (χ0v) is 14.9. The minimum atomic E-state index is 0.209. The van der Waals surface area contributed by atoms with Crippen molar-refractivity contribution in [2.24, 2.45) is 5.18 Å². The van der Waals surface area contributed by atoms with E-state index in [9.17, 15) is 4.91 Å². The van der Waals surface area contributed by atoms with Gasteiger partial charge >= 0.3 is 0 Å². The van der Waals surface area contributed by atoms with Crippen molar-refractivity contribution in [2.75, 3.05) is 0 Å². The van der Waals surface area contributed by atoms with E-state index in [2.05, 4.69) is 35.3 Å². The summed E-state index contributed by atoms with van der Waals surface area (Å²) in [5.74, 6) is 0.209. The van der Waals surface area contributed by atoms with Gasteiger partial charge in [-0.2, -0.15) is 0 Å². The topological polar surface area (TPSA) is 42.3 Å². The van der Waals surface area contributed by atoms with Crippen molar-refractivity contribution in [1.29, 1.82) is 0 Å². The molecule has 1 aromatic carbocycles. The Balaban J connectivity index is 1.80. The molecule has 0 atom stereocenters. The molecule has 3 nitrogen and oxygen atoms in total. The summed E-state index contributed by atoms with van der Waals surface area (Å²) < 4.78 is 0. The summed E-state index contributed by atoms with van der Waals surface area (Å²) in [6.07, 6.45) is 9.03. The van der Waals surface area contributed by atoms with Crippen LogP contribution in [0.15, 0.2) is 58.8 Å². The van der Waals surface area contributed by atoms with Crippen LogP contribution >= 0.6 is 23.4 Å². The summed E-state index contributed by atoms with van der Waals surface area (Å²) in [5.41, 5.74) is 3.37. The number of nitrogens with zero attached hydrogens (tertiary/aromatic N) is 2. The molecular weight excluding hydrogens is 340 g/mol. The van der Waals surface area contributed by atoms with Gasteiger partial charge in [0.2, 0.25) is 0 Å². The van der Waals surface area contributed by atoms with Gasteiger partial charge in [0.25, 0.3) is 0 Å². The third-order valence-electron chi connectivity index (χ3n) is 3.80. The Bertz CT molecular complexity index is 813. The van der Waals surface area contributed by atoms with Crippen molar-refractivity contribution < 1.29 is 0 Å². The summed E-state index contributed by atoms with van der Waals surface area (Å²) in [5, 5.41) is 3.66. The Morgan fingerprint density at radius 1 is 1.21 bits per heavy atom. The quantitative estimate of drug-likeness (QED) is 0.592. The van der Waals surface area contributed by atoms with E-state index in [4.69, 9.17) is 11.6 Å². The largest absolute Gasteiger partial charge is 0.234 e. The zero-order chi connectivity index (χ0) is 16.9. The third kappa shape index (κ3) is 4.13. The van der Waals surface area contributed by atoms with Gasteiger partial charge in [0, 0.05) is 28.1 Å². The maximum atomic E-state index is 10.5. The summed E-state index contributed by atoms with van der Waals surface area (Å²) in [6.45, 7) is 2.08. The van der Waals surface area contributed by atoms with Gasteiger partial charge in [-0.05, 0) is 53.6 Å². The Morgan fingerprint density at radius 3 is 2.79 bits per heavy atom. The molecular formula is C19H17ClN2OS. The van der Waals surface area contributed by atoms with Gasteiger partial charge in [-0.1, -0.05) is 53.2 Å². The van der Waals surface area contributed by atoms with Crippen LogP contribution in [0.3, 0.4) is 0 Å². The highest BCUT2D eigenvalue weighted by atomic mass is 35.5. The molecule has 24 heavy (non-hydrogen) atoms. The molecule has 0 saturated heterocycles. The number of aryl methyl sites for hydroxylation is 1. The molecule has 0 amide bonds. The molecule has 0 radical (unpaired) electrons. The highest BCUT2D eigenvalue weighted by Crippen LogP contribution is 2.39. The summed E-state index contributed by atoms with van der Waals surface area (Å²) in [7, 11) is 0. The van der Waals surface area contributed by atoms with E-state index >= 15 is 0 Å². The van der Waals surface area contributed by atoms with Crippen LogP contribution in [0.1, 0.15) is 29.5 Å². The number of aromatic nitrogens is 1. The number of hydrogen-bond acceptors (Lipinski definition) is 4. The third-order valence-corrected chi connectivity index (χ3v) is 5.37. The van der Waals surface area contributed by atoms with Crippen LogP contribution in [0.2, 0.25) is 5.02 Å². The van der Waals surface area contributed by atoms with Crippen molar-refractivity contribution in [3.05, 3.63) is 80.2 Å². The normalized spacial score (nSPS) is 14.6. The number of thioether (sulfide) groups is 1. The molecule has 2 aromatic rings. The van der Waals surface area contributed by atoms with Gasteiger partial charge in [0.15, 0.2) is 5.82 Å². The molecule has 0 spiro atoms. The molecule has 0 fully saturated rings. The molecule has 5 heteroatoms. The maximum absolute atomic E-state index is 10.5. The minimum Gasteiger partial charge on any atom is -0.234 e. The predicted octanol–water partition coefficient (Wildman–Crippen LogP) is 6.44. The molecule has 0 unspecified atom stereocenters. The van der Waals surface area contributed by atoms with E-state index in [-0.39, 0.29) is 5.82 Å². The lowest BCUT2D eigenvalue weighted by molar-refractivity contribution is 1.04. The fourth-order valence-corrected chi connectivity index (χ4v) is 3.92.